The van der Waals surface area contributed by atoms with Gasteiger partial charge in [-0.2, -0.15) is 0 Å². The van der Waals surface area contributed by atoms with E-state index in [0.717, 1.165) is 0 Å². The quantitative estimate of drug-likeness (QED) is 0.288. The van der Waals surface area contributed by atoms with Gasteiger partial charge in [-0.15, -0.1) is 0 Å². The first-order valence-electron chi connectivity index (χ1n) is 4.92. The maximum Gasteiger partial charge on any atom is 0.230 e. The smallest absolute Gasteiger partial charge is 0.230 e. The summed E-state index contributed by atoms with van der Waals surface area (Å²) in [6.45, 7) is 4.95. The maximum atomic E-state index is 11.7. The number of rotatable bonds is 2. The molecular weight excluding hydrogens is 198 g/mol. The normalized spacial score (nSPS) is 27.9. The second-order valence-corrected chi connectivity index (χ2v) is 3.82. The summed E-state index contributed by atoms with van der Waals surface area (Å²) in [5.74, 6) is -0.195. The summed E-state index contributed by atoms with van der Waals surface area (Å²) in [6, 6.07) is 0. The fourth-order valence-corrected chi connectivity index (χ4v) is 1.68. The summed E-state index contributed by atoms with van der Waals surface area (Å²) < 4.78 is 5.49. The van der Waals surface area contributed by atoms with E-state index in [0.29, 0.717) is 13.1 Å². The Labute approximate surface area is 88.7 Å². The number of morpholine rings is 1. The zero-order chi connectivity index (χ0) is 11.4. The zero-order valence-electron chi connectivity index (χ0n) is 9.01. The summed E-state index contributed by atoms with van der Waals surface area (Å²) in [5, 5.41) is 11.1. The average Bonchev–Trinajstić information content (AvgIpc) is 2.16. The number of hydrogen-bond donors (Lipinski definition) is 2. The van der Waals surface area contributed by atoms with Gasteiger partial charge in [-0.3, -0.25) is 4.79 Å². The molecule has 0 aliphatic carbocycles. The Kier molecular flexibility index (Phi) is 3.90. The number of nitrogens with zero attached hydrogens (tertiary/aromatic N) is 2. The SMILES string of the molecule is CC1CN(C(=O)C/C(N)=N/O)CC(C)O1. The maximum absolute atomic E-state index is 11.7. The minimum absolute atomic E-state index is 0.0324. The number of carbonyl (C=O) groups is 1. The van der Waals surface area contributed by atoms with Crippen LogP contribution in [-0.4, -0.2) is 47.1 Å². The molecule has 15 heavy (non-hydrogen) atoms. The molecule has 0 aromatic heterocycles. The predicted molar refractivity (Wildman–Crippen MR) is 54.6 cm³/mol. The molecule has 1 fully saturated rings. The predicted octanol–water partition coefficient (Wildman–Crippen LogP) is -0.241. The van der Waals surface area contributed by atoms with Gasteiger partial charge in [-0.05, 0) is 13.8 Å². The third-order valence-corrected chi connectivity index (χ3v) is 2.23. The van der Waals surface area contributed by atoms with E-state index in [1.807, 2.05) is 13.8 Å². The fraction of sp³-hybridized carbons (Fsp3) is 0.778. The molecule has 0 aromatic rings. The number of amidine groups is 1. The molecule has 1 rings (SSSR count). The van der Waals surface area contributed by atoms with E-state index >= 15 is 0 Å². The Balaban J connectivity index is 2.52. The van der Waals surface area contributed by atoms with Crippen molar-refractivity contribution in [2.45, 2.75) is 32.5 Å². The number of hydrogen-bond acceptors (Lipinski definition) is 4. The van der Waals surface area contributed by atoms with Crippen LogP contribution in [0.15, 0.2) is 5.16 Å². The molecule has 6 heteroatoms. The van der Waals surface area contributed by atoms with Crippen molar-refractivity contribution in [2.24, 2.45) is 10.9 Å². The van der Waals surface area contributed by atoms with Gasteiger partial charge >= 0.3 is 0 Å². The van der Waals surface area contributed by atoms with Crippen molar-refractivity contribution in [3.05, 3.63) is 0 Å². The van der Waals surface area contributed by atoms with Gasteiger partial charge in [-0.1, -0.05) is 5.16 Å². The summed E-state index contributed by atoms with van der Waals surface area (Å²) >= 11 is 0. The van der Waals surface area contributed by atoms with Crippen molar-refractivity contribution in [3.8, 4) is 0 Å². The van der Waals surface area contributed by atoms with Crippen LogP contribution in [0.3, 0.4) is 0 Å². The Hall–Kier alpha value is -1.30. The zero-order valence-corrected chi connectivity index (χ0v) is 9.01. The van der Waals surface area contributed by atoms with E-state index in [-0.39, 0.29) is 30.4 Å². The third-order valence-electron chi connectivity index (χ3n) is 2.23. The molecule has 2 unspecified atom stereocenters. The summed E-state index contributed by atoms with van der Waals surface area (Å²) in [5.41, 5.74) is 5.27. The molecule has 1 aliphatic rings. The number of nitrogens with two attached hydrogens (primary N) is 1. The van der Waals surface area contributed by atoms with Crippen LogP contribution in [0.1, 0.15) is 20.3 Å². The molecule has 6 nitrogen and oxygen atoms in total. The first-order chi connectivity index (χ1) is 7.02. The first kappa shape index (κ1) is 11.8. The molecule has 2 atom stereocenters. The minimum Gasteiger partial charge on any atom is -0.409 e. The highest BCUT2D eigenvalue weighted by molar-refractivity contribution is 5.98. The van der Waals surface area contributed by atoms with Gasteiger partial charge in [0.2, 0.25) is 5.91 Å². The van der Waals surface area contributed by atoms with E-state index in [1.54, 1.807) is 4.90 Å². The molecule has 1 saturated heterocycles. The third kappa shape index (κ3) is 3.39. The number of ether oxygens (including phenoxy) is 1. The second kappa shape index (κ2) is 4.97. The van der Waals surface area contributed by atoms with Gasteiger partial charge in [0.05, 0.1) is 18.6 Å². The van der Waals surface area contributed by atoms with Gasteiger partial charge in [0.15, 0.2) is 0 Å². The number of carbonyl (C=O) groups excluding carboxylic acids is 1. The lowest BCUT2D eigenvalue weighted by Crippen LogP contribution is -2.48. The Morgan fingerprint density at radius 3 is 2.53 bits per heavy atom. The van der Waals surface area contributed by atoms with Crippen molar-refractivity contribution in [1.29, 1.82) is 0 Å². The summed E-state index contributed by atoms with van der Waals surface area (Å²) in [6.07, 6.45) is 0.0191. The molecule has 3 N–H and O–H groups in total. The van der Waals surface area contributed by atoms with Crippen molar-refractivity contribution in [1.82, 2.24) is 4.90 Å². The summed E-state index contributed by atoms with van der Waals surface area (Å²) in [4.78, 5) is 13.3. The highest BCUT2D eigenvalue weighted by Gasteiger charge is 2.25. The molecule has 1 aliphatic heterocycles. The Bertz CT molecular complexity index is 257. The fourth-order valence-electron chi connectivity index (χ4n) is 1.68. The molecule has 0 bridgehead atoms. The van der Waals surface area contributed by atoms with Crippen molar-refractivity contribution in [3.63, 3.8) is 0 Å². The van der Waals surface area contributed by atoms with Crippen LogP contribution in [0.5, 0.6) is 0 Å². The van der Waals surface area contributed by atoms with E-state index in [1.165, 1.54) is 0 Å². The van der Waals surface area contributed by atoms with Crippen molar-refractivity contribution in [2.75, 3.05) is 13.1 Å². The van der Waals surface area contributed by atoms with Crippen LogP contribution in [0.25, 0.3) is 0 Å². The molecule has 1 heterocycles. The van der Waals surface area contributed by atoms with Gasteiger partial charge in [-0.25, -0.2) is 0 Å². The monoisotopic (exact) mass is 215 g/mol. The van der Waals surface area contributed by atoms with Crippen LogP contribution >= 0.6 is 0 Å². The lowest BCUT2D eigenvalue weighted by Gasteiger charge is -2.35. The van der Waals surface area contributed by atoms with E-state index in [4.69, 9.17) is 15.7 Å². The largest absolute Gasteiger partial charge is 0.409 e. The molecule has 0 radical (unpaired) electrons. The summed E-state index contributed by atoms with van der Waals surface area (Å²) in [7, 11) is 0. The van der Waals surface area contributed by atoms with Crippen molar-refractivity contribution >= 4 is 11.7 Å². The van der Waals surface area contributed by atoms with Crippen LogP contribution in [0.2, 0.25) is 0 Å². The van der Waals surface area contributed by atoms with Crippen LogP contribution in [-0.2, 0) is 9.53 Å². The van der Waals surface area contributed by atoms with Gasteiger partial charge in [0.25, 0.3) is 0 Å². The lowest BCUT2D eigenvalue weighted by molar-refractivity contribution is -0.141. The molecule has 0 saturated carbocycles. The standard InChI is InChI=1S/C9H17N3O3/c1-6-4-12(5-7(2)15-6)9(13)3-8(10)11-14/h6-7,14H,3-5H2,1-2H3,(H2,10,11). The van der Waals surface area contributed by atoms with Gasteiger partial charge < -0.3 is 20.6 Å². The minimum atomic E-state index is -0.132. The van der Waals surface area contributed by atoms with Crippen LogP contribution in [0.4, 0.5) is 0 Å². The first-order valence-corrected chi connectivity index (χ1v) is 4.92. The molecule has 0 aromatic carbocycles. The molecular formula is C9H17N3O3. The number of oxime groups is 1. The lowest BCUT2D eigenvalue weighted by atomic mass is 10.2. The average molecular weight is 215 g/mol. The molecule has 1 amide bonds. The van der Waals surface area contributed by atoms with Crippen molar-refractivity contribution < 1.29 is 14.7 Å². The van der Waals surface area contributed by atoms with Gasteiger partial charge in [0, 0.05) is 13.1 Å². The Morgan fingerprint density at radius 1 is 1.53 bits per heavy atom. The molecule has 86 valence electrons. The van der Waals surface area contributed by atoms with Gasteiger partial charge in [0.1, 0.15) is 5.84 Å². The van der Waals surface area contributed by atoms with E-state index < -0.39 is 0 Å². The van der Waals surface area contributed by atoms with Crippen LogP contribution in [0, 0.1) is 0 Å². The van der Waals surface area contributed by atoms with E-state index in [2.05, 4.69) is 5.16 Å². The highest BCUT2D eigenvalue weighted by Crippen LogP contribution is 2.11. The Morgan fingerprint density at radius 2 is 2.07 bits per heavy atom. The number of amides is 1. The topological polar surface area (TPSA) is 88.2 Å². The molecule has 0 spiro atoms. The van der Waals surface area contributed by atoms with E-state index in [9.17, 15) is 4.79 Å². The van der Waals surface area contributed by atoms with Crippen LogP contribution < -0.4 is 5.73 Å². The second-order valence-electron chi connectivity index (χ2n) is 3.82. The highest BCUT2D eigenvalue weighted by atomic mass is 16.5.